The van der Waals surface area contributed by atoms with Crippen LogP contribution in [0.4, 0.5) is 0 Å². The summed E-state index contributed by atoms with van der Waals surface area (Å²) in [7, 11) is 0. The van der Waals surface area contributed by atoms with Gasteiger partial charge in [0.2, 0.25) is 0 Å². The molecule has 0 aliphatic rings. The molecule has 1 aromatic carbocycles. The number of benzene rings is 1. The third-order valence-corrected chi connectivity index (χ3v) is 3.28. The second kappa shape index (κ2) is 6.34. The predicted molar refractivity (Wildman–Crippen MR) is 76.7 cm³/mol. The highest BCUT2D eigenvalue weighted by molar-refractivity contribution is 9.10. The van der Waals surface area contributed by atoms with Gasteiger partial charge in [-0.2, -0.15) is 0 Å². The molecule has 18 heavy (non-hydrogen) atoms. The molecule has 0 aliphatic carbocycles. The lowest BCUT2D eigenvalue weighted by Crippen LogP contribution is -2.34. The quantitative estimate of drug-likeness (QED) is 0.878. The molecule has 1 rings (SSSR count). The molecule has 0 atom stereocenters. The van der Waals surface area contributed by atoms with E-state index in [9.17, 15) is 4.79 Å². The van der Waals surface area contributed by atoms with Crippen LogP contribution in [0.2, 0.25) is 0 Å². The van der Waals surface area contributed by atoms with E-state index >= 15 is 0 Å². The molecule has 0 aliphatic heterocycles. The van der Waals surface area contributed by atoms with Crippen molar-refractivity contribution in [2.45, 2.75) is 27.2 Å². The van der Waals surface area contributed by atoms with Crippen LogP contribution in [0.3, 0.4) is 0 Å². The molecular formula is C14H20BrNO2. The van der Waals surface area contributed by atoms with E-state index in [0.29, 0.717) is 18.5 Å². The van der Waals surface area contributed by atoms with Crippen LogP contribution in [0.5, 0.6) is 0 Å². The zero-order chi connectivity index (χ0) is 13.8. The molecule has 0 saturated heterocycles. The monoisotopic (exact) mass is 313 g/mol. The molecule has 0 spiro atoms. The van der Waals surface area contributed by atoms with Gasteiger partial charge in [0.25, 0.3) is 5.91 Å². The van der Waals surface area contributed by atoms with Crippen molar-refractivity contribution in [2.75, 3.05) is 13.2 Å². The smallest absolute Gasteiger partial charge is 0.251 e. The molecule has 0 aromatic heterocycles. The van der Waals surface area contributed by atoms with E-state index in [-0.39, 0.29) is 17.9 Å². The fraction of sp³-hybridized carbons (Fsp3) is 0.500. The summed E-state index contributed by atoms with van der Waals surface area (Å²) in [6.07, 6.45) is 0.671. The van der Waals surface area contributed by atoms with E-state index < -0.39 is 0 Å². The predicted octanol–water partition coefficient (Wildman–Crippen LogP) is 2.90. The van der Waals surface area contributed by atoms with Gasteiger partial charge in [0.15, 0.2) is 0 Å². The van der Waals surface area contributed by atoms with E-state index in [1.54, 1.807) is 6.07 Å². The van der Waals surface area contributed by atoms with Crippen molar-refractivity contribution in [3.8, 4) is 0 Å². The summed E-state index contributed by atoms with van der Waals surface area (Å²) >= 11 is 3.38. The Hall–Kier alpha value is -0.870. The molecule has 1 amide bonds. The molecular weight excluding hydrogens is 294 g/mol. The molecule has 0 unspecified atom stereocenters. The molecule has 3 nitrogen and oxygen atoms in total. The standard InChI is InChI=1S/C14H20BrNO2/c1-10-6-11(8-12(15)7-10)13(18)16-9-14(2,3)4-5-17/h6-8,17H,4-5,9H2,1-3H3,(H,16,18). The number of rotatable bonds is 5. The van der Waals surface area contributed by atoms with Crippen LogP contribution in [0, 0.1) is 12.3 Å². The lowest BCUT2D eigenvalue weighted by Gasteiger charge is -2.23. The molecule has 0 heterocycles. The number of aliphatic hydroxyl groups excluding tert-OH is 1. The maximum atomic E-state index is 12.0. The van der Waals surface area contributed by atoms with Crippen molar-refractivity contribution in [1.82, 2.24) is 5.32 Å². The number of aliphatic hydroxyl groups is 1. The number of hydrogen-bond acceptors (Lipinski definition) is 2. The van der Waals surface area contributed by atoms with Crippen molar-refractivity contribution in [1.29, 1.82) is 0 Å². The Kier molecular flexibility index (Phi) is 5.35. The van der Waals surface area contributed by atoms with Crippen LogP contribution in [0.25, 0.3) is 0 Å². The van der Waals surface area contributed by atoms with Gasteiger partial charge >= 0.3 is 0 Å². The van der Waals surface area contributed by atoms with Crippen molar-refractivity contribution >= 4 is 21.8 Å². The average Bonchev–Trinajstić information content (AvgIpc) is 2.24. The number of carbonyl (C=O) groups excluding carboxylic acids is 1. The summed E-state index contributed by atoms with van der Waals surface area (Å²) in [4.78, 5) is 12.0. The molecule has 2 N–H and O–H groups in total. The fourth-order valence-electron chi connectivity index (χ4n) is 1.68. The number of carbonyl (C=O) groups is 1. The van der Waals surface area contributed by atoms with E-state index in [1.165, 1.54) is 0 Å². The summed E-state index contributed by atoms with van der Waals surface area (Å²) < 4.78 is 0.905. The van der Waals surface area contributed by atoms with E-state index in [4.69, 9.17) is 5.11 Å². The van der Waals surface area contributed by atoms with Crippen LogP contribution in [-0.2, 0) is 0 Å². The minimum absolute atomic E-state index is 0.0783. The summed E-state index contributed by atoms with van der Waals surface area (Å²) in [6.45, 7) is 6.69. The number of hydrogen-bond donors (Lipinski definition) is 2. The first-order chi connectivity index (χ1) is 8.34. The molecule has 0 saturated carbocycles. The van der Waals surface area contributed by atoms with Crippen molar-refractivity contribution in [3.05, 3.63) is 33.8 Å². The highest BCUT2D eigenvalue weighted by Crippen LogP contribution is 2.19. The summed E-state index contributed by atoms with van der Waals surface area (Å²) in [5, 5.41) is 11.8. The topological polar surface area (TPSA) is 49.3 Å². The normalized spacial score (nSPS) is 11.4. The second-order valence-electron chi connectivity index (χ2n) is 5.34. The summed E-state index contributed by atoms with van der Waals surface area (Å²) in [5.74, 6) is -0.0783. The van der Waals surface area contributed by atoms with Gasteiger partial charge < -0.3 is 10.4 Å². The zero-order valence-corrected chi connectivity index (χ0v) is 12.7. The van der Waals surface area contributed by atoms with Crippen LogP contribution >= 0.6 is 15.9 Å². The van der Waals surface area contributed by atoms with Gasteiger partial charge in [0.1, 0.15) is 0 Å². The Bertz CT molecular complexity index is 410. The minimum atomic E-state index is -0.0918. The molecule has 100 valence electrons. The first-order valence-electron chi connectivity index (χ1n) is 6.00. The van der Waals surface area contributed by atoms with Gasteiger partial charge in [-0.05, 0) is 42.5 Å². The highest BCUT2D eigenvalue weighted by Gasteiger charge is 2.18. The molecule has 4 heteroatoms. The lowest BCUT2D eigenvalue weighted by atomic mass is 9.89. The Labute approximate surface area is 117 Å². The first kappa shape index (κ1) is 15.2. The van der Waals surface area contributed by atoms with Crippen LogP contribution in [0.1, 0.15) is 36.2 Å². The third kappa shape index (κ3) is 4.78. The molecule has 0 fully saturated rings. The summed E-state index contributed by atoms with van der Waals surface area (Å²) in [5.41, 5.74) is 1.61. The van der Waals surface area contributed by atoms with Gasteiger partial charge in [0, 0.05) is 23.2 Å². The van der Waals surface area contributed by atoms with Crippen molar-refractivity contribution < 1.29 is 9.90 Å². The number of halogens is 1. The van der Waals surface area contributed by atoms with E-state index in [1.807, 2.05) is 32.9 Å². The van der Waals surface area contributed by atoms with Crippen molar-refractivity contribution in [2.24, 2.45) is 5.41 Å². The average molecular weight is 314 g/mol. The lowest BCUT2D eigenvalue weighted by molar-refractivity contribution is 0.0928. The van der Waals surface area contributed by atoms with Gasteiger partial charge in [-0.25, -0.2) is 0 Å². The number of nitrogens with one attached hydrogen (secondary N) is 1. The van der Waals surface area contributed by atoms with Crippen molar-refractivity contribution in [3.63, 3.8) is 0 Å². The zero-order valence-electron chi connectivity index (χ0n) is 11.1. The second-order valence-corrected chi connectivity index (χ2v) is 6.25. The SMILES string of the molecule is Cc1cc(Br)cc(C(=O)NCC(C)(C)CCO)c1. The van der Waals surface area contributed by atoms with E-state index in [0.717, 1.165) is 10.0 Å². The molecule has 1 aromatic rings. The van der Waals surface area contributed by atoms with Gasteiger partial charge in [-0.1, -0.05) is 29.8 Å². The number of amides is 1. The number of aryl methyl sites for hydroxylation is 1. The van der Waals surface area contributed by atoms with Gasteiger partial charge in [0.05, 0.1) is 0 Å². The first-order valence-corrected chi connectivity index (χ1v) is 6.80. The Morgan fingerprint density at radius 2 is 2.06 bits per heavy atom. The Morgan fingerprint density at radius 3 is 2.61 bits per heavy atom. The van der Waals surface area contributed by atoms with Gasteiger partial charge in [-0.3, -0.25) is 4.79 Å². The Morgan fingerprint density at radius 1 is 1.39 bits per heavy atom. The van der Waals surface area contributed by atoms with Crippen LogP contribution in [-0.4, -0.2) is 24.2 Å². The maximum Gasteiger partial charge on any atom is 0.251 e. The molecule has 0 radical (unpaired) electrons. The molecule has 0 bridgehead atoms. The maximum absolute atomic E-state index is 12.0. The van der Waals surface area contributed by atoms with Crippen LogP contribution in [0.15, 0.2) is 22.7 Å². The fourth-order valence-corrected chi connectivity index (χ4v) is 2.29. The van der Waals surface area contributed by atoms with Crippen LogP contribution < -0.4 is 5.32 Å². The Balaban J connectivity index is 2.66. The summed E-state index contributed by atoms with van der Waals surface area (Å²) in [6, 6.07) is 5.63. The van der Waals surface area contributed by atoms with E-state index in [2.05, 4.69) is 21.2 Å². The third-order valence-electron chi connectivity index (χ3n) is 2.82. The minimum Gasteiger partial charge on any atom is -0.396 e. The highest BCUT2D eigenvalue weighted by atomic mass is 79.9. The van der Waals surface area contributed by atoms with Gasteiger partial charge in [-0.15, -0.1) is 0 Å². The largest absolute Gasteiger partial charge is 0.396 e.